The van der Waals surface area contributed by atoms with E-state index >= 15 is 0 Å². The quantitative estimate of drug-likeness (QED) is 0.866. The van der Waals surface area contributed by atoms with Crippen LogP contribution in [-0.4, -0.2) is 42.6 Å². The first-order chi connectivity index (χ1) is 13.6. The highest BCUT2D eigenvalue weighted by molar-refractivity contribution is 5.86. The molecule has 0 radical (unpaired) electrons. The fraction of sp³-hybridized carbons (Fsp3) is 0.435. The van der Waals surface area contributed by atoms with Crippen LogP contribution in [0, 0.1) is 0 Å². The van der Waals surface area contributed by atoms with E-state index in [1.807, 2.05) is 43.3 Å². The summed E-state index contributed by atoms with van der Waals surface area (Å²) in [7, 11) is 1.68. The van der Waals surface area contributed by atoms with E-state index in [1.54, 1.807) is 7.11 Å². The Bertz CT molecular complexity index is 801. The molecule has 28 heavy (non-hydrogen) atoms. The zero-order valence-electron chi connectivity index (χ0n) is 16.6. The van der Waals surface area contributed by atoms with Crippen molar-refractivity contribution >= 4 is 5.91 Å². The molecule has 0 aromatic heterocycles. The molecule has 4 rings (SSSR count). The number of amides is 1. The van der Waals surface area contributed by atoms with Gasteiger partial charge in [0.1, 0.15) is 11.5 Å². The number of para-hydroxylation sites is 1. The van der Waals surface area contributed by atoms with Crippen molar-refractivity contribution in [3.8, 4) is 11.5 Å². The zero-order chi connectivity index (χ0) is 19.6. The van der Waals surface area contributed by atoms with Crippen molar-refractivity contribution in [3.05, 3.63) is 59.7 Å². The molecule has 1 N–H and O–H groups in total. The Kier molecular flexibility index (Phi) is 5.27. The monoisotopic (exact) mass is 380 g/mol. The molecule has 0 spiro atoms. The number of carbonyl (C=O) groups excluding carboxylic acids is 1. The normalized spacial score (nSPS) is 22.4. The number of methoxy groups -OCH3 is 1. The Balaban J connectivity index is 1.27. The van der Waals surface area contributed by atoms with Crippen LogP contribution in [0.4, 0.5) is 0 Å². The van der Waals surface area contributed by atoms with Gasteiger partial charge in [0.25, 0.3) is 5.91 Å². The van der Waals surface area contributed by atoms with E-state index in [0.29, 0.717) is 6.42 Å². The molecule has 2 aliphatic heterocycles. The van der Waals surface area contributed by atoms with Crippen molar-refractivity contribution in [2.45, 2.75) is 44.4 Å². The number of ether oxygens (including phenoxy) is 2. The van der Waals surface area contributed by atoms with Gasteiger partial charge in [-0.3, -0.25) is 9.69 Å². The van der Waals surface area contributed by atoms with Crippen molar-refractivity contribution < 1.29 is 14.3 Å². The first-order valence-electron chi connectivity index (χ1n) is 9.99. The molecule has 1 saturated heterocycles. The van der Waals surface area contributed by atoms with Crippen LogP contribution in [0.25, 0.3) is 0 Å². The fourth-order valence-electron chi connectivity index (χ4n) is 4.08. The molecular weight excluding hydrogens is 352 g/mol. The minimum Gasteiger partial charge on any atom is -0.497 e. The van der Waals surface area contributed by atoms with Gasteiger partial charge in [-0.05, 0) is 49.1 Å². The van der Waals surface area contributed by atoms with Crippen molar-refractivity contribution in [1.29, 1.82) is 0 Å². The van der Waals surface area contributed by atoms with Gasteiger partial charge in [-0.25, -0.2) is 0 Å². The van der Waals surface area contributed by atoms with Crippen LogP contribution in [0.2, 0.25) is 0 Å². The van der Waals surface area contributed by atoms with E-state index in [2.05, 4.69) is 22.3 Å². The molecule has 2 aromatic carbocycles. The molecule has 2 aliphatic rings. The molecule has 1 atom stereocenters. The van der Waals surface area contributed by atoms with Crippen LogP contribution in [0.15, 0.2) is 48.5 Å². The van der Waals surface area contributed by atoms with Gasteiger partial charge in [0.2, 0.25) is 0 Å². The molecular formula is C23H28N2O3. The first-order valence-corrected chi connectivity index (χ1v) is 9.99. The van der Waals surface area contributed by atoms with Crippen molar-refractivity contribution in [2.24, 2.45) is 0 Å². The van der Waals surface area contributed by atoms with Gasteiger partial charge in [0.05, 0.1) is 7.11 Å². The van der Waals surface area contributed by atoms with Crippen LogP contribution in [0.1, 0.15) is 30.9 Å². The second-order valence-corrected chi connectivity index (χ2v) is 7.99. The third-order valence-electron chi connectivity index (χ3n) is 5.80. The lowest BCUT2D eigenvalue weighted by molar-refractivity contribution is -0.135. The number of hydrogen-bond donors (Lipinski definition) is 1. The highest BCUT2D eigenvalue weighted by Gasteiger charge is 2.42. The Labute approximate surface area is 166 Å². The number of hydrogen-bond acceptors (Lipinski definition) is 4. The molecule has 5 nitrogen and oxygen atoms in total. The van der Waals surface area contributed by atoms with Crippen LogP contribution < -0.4 is 14.8 Å². The molecule has 5 heteroatoms. The van der Waals surface area contributed by atoms with Gasteiger partial charge in [0.15, 0.2) is 5.60 Å². The van der Waals surface area contributed by atoms with E-state index in [1.165, 1.54) is 5.56 Å². The molecule has 2 aromatic rings. The summed E-state index contributed by atoms with van der Waals surface area (Å²) in [6.07, 6.45) is 2.56. The number of carbonyl (C=O) groups is 1. The third-order valence-corrected chi connectivity index (χ3v) is 5.80. The summed E-state index contributed by atoms with van der Waals surface area (Å²) in [5.74, 6) is 1.71. The standard InChI is InChI=1S/C23H28N2O3/c1-23(15-18-5-3-4-6-21(18)28-23)22(26)24-19-11-13-25(14-12-19)16-17-7-9-20(27-2)10-8-17/h3-10,19H,11-16H2,1-2H3,(H,24,26). The van der Waals surface area contributed by atoms with Gasteiger partial charge in [0, 0.05) is 32.1 Å². The Morgan fingerprint density at radius 2 is 1.89 bits per heavy atom. The molecule has 0 bridgehead atoms. The zero-order valence-corrected chi connectivity index (χ0v) is 16.6. The summed E-state index contributed by atoms with van der Waals surface area (Å²) < 4.78 is 11.2. The summed E-state index contributed by atoms with van der Waals surface area (Å²) in [4.78, 5) is 15.3. The third kappa shape index (κ3) is 3.99. The van der Waals surface area contributed by atoms with Crippen LogP contribution in [0.5, 0.6) is 11.5 Å². The van der Waals surface area contributed by atoms with Crippen LogP contribution in [-0.2, 0) is 17.8 Å². The van der Waals surface area contributed by atoms with E-state index in [0.717, 1.165) is 49.5 Å². The van der Waals surface area contributed by atoms with Crippen molar-refractivity contribution in [1.82, 2.24) is 10.2 Å². The maximum atomic E-state index is 12.9. The highest BCUT2D eigenvalue weighted by Crippen LogP contribution is 2.35. The second kappa shape index (κ2) is 7.84. The molecule has 0 saturated carbocycles. The molecule has 0 aliphatic carbocycles. The number of likely N-dealkylation sites (tertiary alicyclic amines) is 1. The van der Waals surface area contributed by atoms with E-state index < -0.39 is 5.60 Å². The average molecular weight is 380 g/mol. The minimum absolute atomic E-state index is 0.00250. The predicted octanol–water partition coefficient (Wildman–Crippen LogP) is 3.17. The number of nitrogens with zero attached hydrogens (tertiary/aromatic N) is 1. The number of fused-ring (bicyclic) bond motifs is 1. The predicted molar refractivity (Wildman–Crippen MR) is 109 cm³/mol. The summed E-state index contributed by atoms with van der Waals surface area (Å²) >= 11 is 0. The number of piperidine rings is 1. The van der Waals surface area contributed by atoms with E-state index in [4.69, 9.17) is 9.47 Å². The summed E-state index contributed by atoms with van der Waals surface area (Å²) in [5, 5.41) is 3.23. The lowest BCUT2D eigenvalue weighted by Crippen LogP contribution is -2.53. The Hall–Kier alpha value is -2.53. The van der Waals surface area contributed by atoms with Gasteiger partial charge in [-0.15, -0.1) is 0 Å². The van der Waals surface area contributed by atoms with Crippen LogP contribution in [0.3, 0.4) is 0 Å². The number of rotatable bonds is 5. The largest absolute Gasteiger partial charge is 0.497 e. The van der Waals surface area contributed by atoms with Crippen molar-refractivity contribution in [2.75, 3.05) is 20.2 Å². The molecule has 1 fully saturated rings. The van der Waals surface area contributed by atoms with Gasteiger partial charge in [-0.1, -0.05) is 30.3 Å². The highest BCUT2D eigenvalue weighted by atomic mass is 16.5. The smallest absolute Gasteiger partial charge is 0.264 e. The number of nitrogens with one attached hydrogen (secondary N) is 1. The minimum atomic E-state index is -0.802. The lowest BCUT2D eigenvalue weighted by atomic mass is 9.96. The van der Waals surface area contributed by atoms with Gasteiger partial charge < -0.3 is 14.8 Å². The maximum Gasteiger partial charge on any atom is 0.264 e. The number of benzene rings is 2. The van der Waals surface area contributed by atoms with Gasteiger partial charge >= 0.3 is 0 Å². The first kappa shape index (κ1) is 18.8. The molecule has 2 heterocycles. The molecule has 1 unspecified atom stereocenters. The summed E-state index contributed by atoms with van der Waals surface area (Å²) in [5.41, 5.74) is 1.59. The van der Waals surface area contributed by atoms with E-state index in [-0.39, 0.29) is 11.9 Å². The van der Waals surface area contributed by atoms with Gasteiger partial charge in [-0.2, -0.15) is 0 Å². The second-order valence-electron chi connectivity index (χ2n) is 7.99. The SMILES string of the molecule is COc1ccc(CN2CCC(NC(=O)C3(C)Cc4ccccc4O3)CC2)cc1. The molecule has 148 valence electrons. The Morgan fingerprint density at radius 3 is 2.57 bits per heavy atom. The van der Waals surface area contributed by atoms with Crippen molar-refractivity contribution in [3.63, 3.8) is 0 Å². The average Bonchev–Trinajstić information content (AvgIpc) is 3.07. The summed E-state index contributed by atoms with van der Waals surface area (Å²) in [6.45, 7) is 4.78. The van der Waals surface area contributed by atoms with E-state index in [9.17, 15) is 4.79 Å². The lowest BCUT2D eigenvalue weighted by Gasteiger charge is -2.34. The maximum absolute atomic E-state index is 12.9. The molecule has 1 amide bonds. The summed E-state index contributed by atoms with van der Waals surface area (Å²) in [6, 6.07) is 16.3. The topological polar surface area (TPSA) is 50.8 Å². The fourth-order valence-corrected chi connectivity index (χ4v) is 4.08. The van der Waals surface area contributed by atoms with Crippen LogP contribution >= 0.6 is 0 Å². The Morgan fingerprint density at radius 1 is 1.18 bits per heavy atom.